The van der Waals surface area contributed by atoms with Crippen LogP contribution in [0.5, 0.6) is 5.75 Å². The number of hydrogen-bond donors (Lipinski definition) is 2. The number of piperidine rings is 1. The molecule has 130 valence electrons. The Balaban J connectivity index is 1.74. The Labute approximate surface area is 142 Å². The van der Waals surface area contributed by atoms with Crippen molar-refractivity contribution in [1.29, 1.82) is 0 Å². The number of imidazole rings is 1. The van der Waals surface area contributed by atoms with Crippen LogP contribution in [0.2, 0.25) is 0 Å². The van der Waals surface area contributed by atoms with Gasteiger partial charge in [0.05, 0.1) is 12.1 Å². The highest BCUT2D eigenvalue weighted by molar-refractivity contribution is 5.88. The summed E-state index contributed by atoms with van der Waals surface area (Å²) in [6.07, 6.45) is 3.06. The van der Waals surface area contributed by atoms with Crippen LogP contribution in [0, 0.1) is 5.92 Å². The molecule has 2 aromatic rings. The number of aryl methyl sites for hydroxylation is 1. The van der Waals surface area contributed by atoms with Crippen LogP contribution < -0.4 is 15.0 Å². The van der Waals surface area contributed by atoms with Gasteiger partial charge in [0.2, 0.25) is 5.95 Å². The molecule has 0 saturated carbocycles. The van der Waals surface area contributed by atoms with E-state index in [9.17, 15) is 5.11 Å². The molecule has 0 aliphatic carbocycles. The molecule has 6 heteroatoms. The first-order chi connectivity index (χ1) is 11.8. The van der Waals surface area contributed by atoms with Gasteiger partial charge in [0.1, 0.15) is 11.3 Å². The fourth-order valence-electron chi connectivity index (χ4n) is 3.81. The molecule has 0 unspecified atom stereocenters. The van der Waals surface area contributed by atoms with Gasteiger partial charge in [-0.2, -0.15) is 0 Å². The molecule has 1 fully saturated rings. The van der Waals surface area contributed by atoms with Crippen molar-refractivity contribution in [1.82, 2.24) is 9.55 Å². The Morgan fingerprint density at radius 1 is 1.29 bits per heavy atom. The molecule has 4 rings (SSSR count). The molecule has 0 radical (unpaired) electrons. The van der Waals surface area contributed by atoms with Gasteiger partial charge >= 0.3 is 0 Å². The summed E-state index contributed by atoms with van der Waals surface area (Å²) in [7, 11) is 0. The number of nitrogens with one attached hydrogen (secondary N) is 1. The molecule has 2 aliphatic heterocycles. The first-order valence-corrected chi connectivity index (χ1v) is 9.07. The number of hydrogen-bond acceptors (Lipinski definition) is 5. The van der Waals surface area contributed by atoms with Crippen molar-refractivity contribution in [2.45, 2.75) is 32.7 Å². The maximum atomic E-state index is 9.36. The number of ether oxygens (including phenoxy) is 1. The summed E-state index contributed by atoms with van der Waals surface area (Å²) in [5.41, 5.74) is 3.19. The molecule has 2 aliphatic rings. The number of aliphatic hydroxyl groups is 1. The number of aliphatic hydroxyl groups excluding tert-OH is 1. The molecule has 1 aromatic heterocycles. The molecule has 0 spiro atoms. The van der Waals surface area contributed by atoms with Crippen molar-refractivity contribution in [3.63, 3.8) is 0 Å². The Kier molecular flexibility index (Phi) is 4.22. The van der Waals surface area contributed by atoms with Crippen molar-refractivity contribution >= 4 is 22.7 Å². The molecule has 6 nitrogen and oxygen atoms in total. The number of anilines is 2. The topological polar surface area (TPSA) is 62.5 Å². The zero-order chi connectivity index (χ0) is 16.5. The minimum Gasteiger partial charge on any atom is -0.491 e. The van der Waals surface area contributed by atoms with Gasteiger partial charge in [0.25, 0.3) is 0 Å². The highest BCUT2D eigenvalue weighted by atomic mass is 16.5. The molecule has 0 bridgehead atoms. The van der Waals surface area contributed by atoms with Gasteiger partial charge in [-0.15, -0.1) is 0 Å². The van der Waals surface area contributed by atoms with Crippen LogP contribution in [0.25, 0.3) is 11.0 Å². The van der Waals surface area contributed by atoms with Gasteiger partial charge in [-0.1, -0.05) is 0 Å². The lowest BCUT2D eigenvalue weighted by Gasteiger charge is -2.32. The Morgan fingerprint density at radius 3 is 2.88 bits per heavy atom. The minimum atomic E-state index is 0.300. The lowest BCUT2D eigenvalue weighted by molar-refractivity contribution is 0.202. The average molecular weight is 330 g/mol. The number of rotatable bonds is 4. The summed E-state index contributed by atoms with van der Waals surface area (Å²) in [6, 6.07) is 4.22. The second-order valence-electron chi connectivity index (χ2n) is 6.75. The van der Waals surface area contributed by atoms with E-state index in [1.807, 2.05) is 0 Å². The second kappa shape index (κ2) is 6.51. The number of aromatic nitrogens is 2. The zero-order valence-corrected chi connectivity index (χ0v) is 14.3. The average Bonchev–Trinajstić information content (AvgIpc) is 2.83. The maximum absolute atomic E-state index is 9.36. The van der Waals surface area contributed by atoms with Crippen LogP contribution in [0.3, 0.4) is 0 Å². The van der Waals surface area contributed by atoms with Gasteiger partial charge in [-0.05, 0) is 38.2 Å². The summed E-state index contributed by atoms with van der Waals surface area (Å²) >= 11 is 0. The van der Waals surface area contributed by atoms with Crippen LogP contribution in [0.15, 0.2) is 12.1 Å². The first kappa shape index (κ1) is 15.6. The van der Waals surface area contributed by atoms with Crippen LogP contribution in [0.1, 0.15) is 26.2 Å². The van der Waals surface area contributed by atoms with E-state index in [1.165, 1.54) is 0 Å². The molecule has 0 amide bonds. The molecule has 0 atom stereocenters. The minimum absolute atomic E-state index is 0.300. The van der Waals surface area contributed by atoms with E-state index in [-0.39, 0.29) is 0 Å². The maximum Gasteiger partial charge on any atom is 0.206 e. The lowest BCUT2D eigenvalue weighted by Crippen LogP contribution is -2.36. The van der Waals surface area contributed by atoms with E-state index in [2.05, 4.69) is 33.8 Å². The fraction of sp³-hybridized carbons (Fsp3) is 0.611. The zero-order valence-electron chi connectivity index (χ0n) is 14.3. The van der Waals surface area contributed by atoms with Crippen molar-refractivity contribution in [2.75, 3.05) is 43.1 Å². The predicted molar refractivity (Wildman–Crippen MR) is 96.0 cm³/mol. The summed E-state index contributed by atoms with van der Waals surface area (Å²) < 4.78 is 8.32. The number of nitrogens with zero attached hydrogens (tertiary/aromatic N) is 3. The Bertz CT molecular complexity index is 719. The largest absolute Gasteiger partial charge is 0.491 e. The van der Waals surface area contributed by atoms with Gasteiger partial charge in [-0.25, -0.2) is 4.98 Å². The van der Waals surface area contributed by atoms with Crippen LogP contribution in [-0.4, -0.2) is 47.5 Å². The third-order valence-corrected chi connectivity index (χ3v) is 5.11. The van der Waals surface area contributed by atoms with Gasteiger partial charge in [-0.3, -0.25) is 0 Å². The monoisotopic (exact) mass is 330 g/mol. The highest BCUT2D eigenvalue weighted by Gasteiger charge is 2.25. The summed E-state index contributed by atoms with van der Waals surface area (Å²) in [6.45, 7) is 6.90. The van der Waals surface area contributed by atoms with Gasteiger partial charge in [0, 0.05) is 44.5 Å². The SMILES string of the molecule is CCNc1cc2c3c(c1)nc(N1CCC(CO)CC1)n3CCCO2. The smallest absolute Gasteiger partial charge is 0.206 e. The first-order valence-electron chi connectivity index (χ1n) is 9.07. The normalized spacial score (nSPS) is 18.5. The third-order valence-electron chi connectivity index (χ3n) is 5.11. The van der Waals surface area contributed by atoms with Crippen molar-refractivity contribution < 1.29 is 9.84 Å². The fourth-order valence-corrected chi connectivity index (χ4v) is 3.81. The van der Waals surface area contributed by atoms with Crippen molar-refractivity contribution in [3.05, 3.63) is 12.1 Å². The molecular formula is C18H26N4O2. The molecule has 1 saturated heterocycles. The highest BCUT2D eigenvalue weighted by Crippen LogP contribution is 2.36. The van der Waals surface area contributed by atoms with E-state index in [0.29, 0.717) is 12.5 Å². The van der Waals surface area contributed by atoms with Gasteiger partial charge < -0.3 is 24.6 Å². The molecular weight excluding hydrogens is 304 g/mol. The van der Waals surface area contributed by atoms with Crippen LogP contribution >= 0.6 is 0 Å². The summed E-state index contributed by atoms with van der Waals surface area (Å²) in [5, 5.41) is 12.7. The van der Waals surface area contributed by atoms with Crippen LogP contribution in [0.4, 0.5) is 11.6 Å². The molecule has 2 N–H and O–H groups in total. The van der Waals surface area contributed by atoms with Crippen molar-refractivity contribution in [3.8, 4) is 5.75 Å². The van der Waals surface area contributed by atoms with E-state index in [0.717, 1.165) is 80.5 Å². The van der Waals surface area contributed by atoms with Crippen LogP contribution in [-0.2, 0) is 6.54 Å². The van der Waals surface area contributed by atoms with E-state index < -0.39 is 0 Å². The quantitative estimate of drug-likeness (QED) is 0.902. The van der Waals surface area contributed by atoms with E-state index in [1.54, 1.807) is 0 Å². The second-order valence-corrected chi connectivity index (χ2v) is 6.75. The van der Waals surface area contributed by atoms with Gasteiger partial charge in [0.15, 0.2) is 0 Å². The predicted octanol–water partition coefficient (Wildman–Crippen LogP) is 2.46. The number of benzene rings is 1. The van der Waals surface area contributed by atoms with Crippen molar-refractivity contribution in [2.24, 2.45) is 5.92 Å². The summed E-state index contributed by atoms with van der Waals surface area (Å²) in [5.74, 6) is 2.43. The Hall–Kier alpha value is -1.95. The molecule has 24 heavy (non-hydrogen) atoms. The Morgan fingerprint density at radius 2 is 2.12 bits per heavy atom. The molecule has 1 aromatic carbocycles. The third kappa shape index (κ3) is 2.69. The van der Waals surface area contributed by atoms with E-state index >= 15 is 0 Å². The molecule has 3 heterocycles. The summed E-state index contributed by atoms with van der Waals surface area (Å²) in [4.78, 5) is 7.32. The lowest BCUT2D eigenvalue weighted by atomic mass is 9.98. The standard InChI is InChI=1S/C18H26N4O2/c1-2-19-14-10-15-17-16(11-14)24-9-3-6-22(17)18(20-15)21-7-4-13(12-23)5-8-21/h10-11,13,19,23H,2-9,12H2,1H3. The van der Waals surface area contributed by atoms with E-state index in [4.69, 9.17) is 9.72 Å².